The number of nitrogens with zero attached hydrogens (tertiary/aromatic N) is 2. The smallest absolute Gasteiger partial charge is 0.233 e. The molecule has 0 N–H and O–H groups in total. The summed E-state index contributed by atoms with van der Waals surface area (Å²) >= 11 is 1.66. The minimum Gasteiger partial charge on any atom is -0.497 e. The predicted molar refractivity (Wildman–Crippen MR) is 91.1 cm³/mol. The van der Waals surface area contributed by atoms with Gasteiger partial charge in [0.25, 0.3) is 0 Å². The van der Waals surface area contributed by atoms with E-state index in [0.29, 0.717) is 18.9 Å². The van der Waals surface area contributed by atoms with Crippen molar-refractivity contribution in [1.82, 2.24) is 9.47 Å². The average molecular weight is 332 g/mol. The zero-order valence-electron chi connectivity index (χ0n) is 13.3. The monoisotopic (exact) mass is 332 g/mol. The number of ether oxygens (including phenoxy) is 2. The van der Waals surface area contributed by atoms with Crippen molar-refractivity contribution < 1.29 is 14.3 Å². The number of carbonyl (C=O) groups excluding carboxylic acids is 1. The van der Waals surface area contributed by atoms with Crippen molar-refractivity contribution >= 4 is 17.7 Å². The van der Waals surface area contributed by atoms with Gasteiger partial charge in [-0.25, -0.2) is 0 Å². The molecule has 1 amide bonds. The van der Waals surface area contributed by atoms with E-state index < -0.39 is 0 Å². The van der Waals surface area contributed by atoms with E-state index in [-0.39, 0.29) is 11.3 Å². The highest BCUT2D eigenvalue weighted by Gasteiger charge is 2.32. The van der Waals surface area contributed by atoms with E-state index in [4.69, 9.17) is 9.47 Å². The lowest BCUT2D eigenvalue weighted by atomic mass is 10.3. The van der Waals surface area contributed by atoms with Crippen LogP contribution in [0.5, 0.6) is 5.75 Å². The fraction of sp³-hybridized carbons (Fsp3) is 0.353. The van der Waals surface area contributed by atoms with E-state index in [1.54, 1.807) is 26.0 Å². The maximum absolute atomic E-state index is 12.0. The molecule has 122 valence electrons. The zero-order valence-corrected chi connectivity index (χ0v) is 14.1. The lowest BCUT2D eigenvalue weighted by Crippen LogP contribution is -2.31. The molecule has 5 nitrogen and oxygen atoms in total. The molecule has 1 aliphatic heterocycles. The summed E-state index contributed by atoms with van der Waals surface area (Å²) in [6.07, 6.45) is 4.10. The Kier molecular flexibility index (Phi) is 4.93. The van der Waals surface area contributed by atoms with Crippen molar-refractivity contribution in [2.24, 2.45) is 0 Å². The van der Waals surface area contributed by atoms with Gasteiger partial charge in [-0.3, -0.25) is 4.79 Å². The van der Waals surface area contributed by atoms with Gasteiger partial charge >= 0.3 is 0 Å². The van der Waals surface area contributed by atoms with E-state index in [1.807, 2.05) is 35.4 Å². The topological polar surface area (TPSA) is 43.7 Å². The molecular weight excluding hydrogens is 312 g/mol. The summed E-state index contributed by atoms with van der Waals surface area (Å²) in [5, 5.41) is 0.0668. The first-order chi connectivity index (χ1) is 11.2. The Morgan fingerprint density at radius 3 is 2.70 bits per heavy atom. The van der Waals surface area contributed by atoms with E-state index in [2.05, 4.69) is 16.8 Å². The minimum atomic E-state index is 0.0668. The molecule has 0 radical (unpaired) electrons. The first-order valence-corrected chi connectivity index (χ1v) is 8.50. The summed E-state index contributed by atoms with van der Waals surface area (Å²) in [4.78, 5) is 13.9. The molecule has 0 unspecified atom stereocenters. The van der Waals surface area contributed by atoms with Crippen LogP contribution in [-0.2, 0) is 9.53 Å². The molecule has 1 fully saturated rings. The molecular formula is C17H20N2O3S. The molecule has 0 bridgehead atoms. The van der Waals surface area contributed by atoms with Crippen molar-refractivity contribution in [3.05, 3.63) is 48.3 Å². The molecule has 1 atom stereocenters. The average Bonchev–Trinajstić information content (AvgIpc) is 3.20. The third-order valence-corrected chi connectivity index (χ3v) is 5.13. The lowest BCUT2D eigenvalue weighted by Gasteiger charge is -2.22. The Bertz CT molecular complexity index is 669. The Hall–Kier alpha value is -1.92. The first kappa shape index (κ1) is 16.0. The van der Waals surface area contributed by atoms with E-state index in [0.717, 1.165) is 17.0 Å². The third-order valence-electron chi connectivity index (χ3n) is 3.88. The van der Waals surface area contributed by atoms with Crippen LogP contribution in [0.25, 0.3) is 5.69 Å². The zero-order chi connectivity index (χ0) is 16.2. The van der Waals surface area contributed by atoms with Gasteiger partial charge in [0.15, 0.2) is 0 Å². The molecule has 23 heavy (non-hydrogen) atoms. The van der Waals surface area contributed by atoms with Crippen LogP contribution in [0.15, 0.2) is 42.7 Å². The quantitative estimate of drug-likeness (QED) is 0.816. The van der Waals surface area contributed by atoms with Gasteiger partial charge in [-0.15, -0.1) is 11.8 Å². The largest absolute Gasteiger partial charge is 0.497 e. The van der Waals surface area contributed by atoms with E-state index in [9.17, 15) is 4.79 Å². The number of amides is 1. The molecule has 0 spiro atoms. The highest BCUT2D eigenvalue weighted by molar-refractivity contribution is 8.00. The standard InChI is InChI=1S/C17H20N2O3S/c1-21-10-9-19-16(20)12-23-17(19)13-7-8-18(11-13)14-3-5-15(22-2)6-4-14/h3-8,11,17H,9-10,12H2,1-2H3/t17-/m0/s1. The van der Waals surface area contributed by atoms with Crippen LogP contribution in [0.1, 0.15) is 10.9 Å². The van der Waals surface area contributed by atoms with Gasteiger partial charge in [0, 0.05) is 37.3 Å². The molecule has 1 aromatic heterocycles. The van der Waals surface area contributed by atoms with Crippen LogP contribution in [-0.4, -0.2) is 48.5 Å². The second-order valence-corrected chi connectivity index (χ2v) is 6.36. The highest BCUT2D eigenvalue weighted by atomic mass is 32.2. The maximum atomic E-state index is 12.0. The number of rotatable bonds is 6. The Morgan fingerprint density at radius 1 is 1.22 bits per heavy atom. The molecule has 3 rings (SSSR count). The van der Waals surface area contributed by atoms with Crippen molar-refractivity contribution in [1.29, 1.82) is 0 Å². The van der Waals surface area contributed by atoms with Crippen LogP contribution in [0.4, 0.5) is 0 Å². The Labute approximate surface area is 140 Å². The molecule has 2 heterocycles. The van der Waals surface area contributed by atoms with Crippen LogP contribution >= 0.6 is 11.8 Å². The highest BCUT2D eigenvalue weighted by Crippen LogP contribution is 2.38. The SMILES string of the molecule is COCCN1C(=O)CS[C@H]1c1ccn(-c2ccc(OC)cc2)c1. The van der Waals surface area contributed by atoms with Gasteiger partial charge in [0.2, 0.25) is 5.91 Å². The van der Waals surface area contributed by atoms with Gasteiger partial charge < -0.3 is 18.9 Å². The number of benzene rings is 1. The van der Waals surface area contributed by atoms with Gasteiger partial charge in [0.1, 0.15) is 11.1 Å². The number of thioether (sulfide) groups is 1. The number of hydrogen-bond donors (Lipinski definition) is 0. The summed E-state index contributed by atoms with van der Waals surface area (Å²) in [7, 11) is 3.31. The van der Waals surface area contributed by atoms with E-state index in [1.165, 1.54) is 0 Å². The second-order valence-electron chi connectivity index (χ2n) is 5.29. The lowest BCUT2D eigenvalue weighted by molar-refractivity contribution is -0.128. The van der Waals surface area contributed by atoms with Crippen molar-refractivity contribution in [3.63, 3.8) is 0 Å². The first-order valence-electron chi connectivity index (χ1n) is 7.45. The van der Waals surface area contributed by atoms with Gasteiger partial charge in [-0.1, -0.05) is 0 Å². The van der Waals surface area contributed by atoms with Gasteiger partial charge in [-0.2, -0.15) is 0 Å². The third kappa shape index (κ3) is 3.38. The molecule has 6 heteroatoms. The number of hydrogen-bond acceptors (Lipinski definition) is 4. The Morgan fingerprint density at radius 2 is 2.00 bits per heavy atom. The predicted octanol–water partition coefficient (Wildman–Crippen LogP) is 2.71. The molecule has 1 aliphatic rings. The molecule has 1 aromatic carbocycles. The van der Waals surface area contributed by atoms with Gasteiger partial charge in [0.05, 0.1) is 19.5 Å². The van der Waals surface area contributed by atoms with Crippen molar-refractivity contribution in [2.75, 3.05) is 33.1 Å². The fourth-order valence-electron chi connectivity index (χ4n) is 2.64. The molecule has 2 aromatic rings. The van der Waals surface area contributed by atoms with Crippen molar-refractivity contribution in [2.45, 2.75) is 5.37 Å². The van der Waals surface area contributed by atoms with Crippen LogP contribution in [0.2, 0.25) is 0 Å². The summed E-state index contributed by atoms with van der Waals surface area (Å²) in [5.41, 5.74) is 2.20. The van der Waals surface area contributed by atoms with Crippen LogP contribution in [0.3, 0.4) is 0 Å². The number of aromatic nitrogens is 1. The summed E-state index contributed by atoms with van der Waals surface area (Å²) in [5.74, 6) is 1.54. The Balaban J connectivity index is 1.78. The molecule has 0 saturated carbocycles. The van der Waals surface area contributed by atoms with E-state index >= 15 is 0 Å². The minimum absolute atomic E-state index is 0.0668. The molecule has 1 saturated heterocycles. The van der Waals surface area contributed by atoms with Crippen LogP contribution < -0.4 is 4.74 Å². The van der Waals surface area contributed by atoms with Crippen LogP contribution in [0, 0.1) is 0 Å². The summed E-state index contributed by atoms with van der Waals surface area (Å²) in [6, 6.07) is 9.97. The number of methoxy groups -OCH3 is 2. The fourth-order valence-corrected chi connectivity index (χ4v) is 3.84. The van der Waals surface area contributed by atoms with Crippen molar-refractivity contribution in [3.8, 4) is 11.4 Å². The maximum Gasteiger partial charge on any atom is 0.233 e. The normalized spacial score (nSPS) is 17.7. The summed E-state index contributed by atoms with van der Waals surface area (Å²) < 4.78 is 12.4. The second kappa shape index (κ2) is 7.10. The van der Waals surface area contributed by atoms with Gasteiger partial charge in [-0.05, 0) is 30.3 Å². The number of carbonyl (C=O) groups is 1. The molecule has 0 aliphatic carbocycles. The summed E-state index contributed by atoms with van der Waals surface area (Å²) in [6.45, 7) is 1.18.